The van der Waals surface area contributed by atoms with Gasteiger partial charge in [-0.05, 0) is 98.9 Å². The Kier molecular flexibility index (Phi) is 10.8. The number of phenols is 1. The molecule has 0 saturated heterocycles. The van der Waals surface area contributed by atoms with Gasteiger partial charge in [-0.2, -0.15) is 0 Å². The highest BCUT2D eigenvalue weighted by Crippen LogP contribution is 2.51. The van der Waals surface area contributed by atoms with E-state index in [4.69, 9.17) is 23.7 Å². The van der Waals surface area contributed by atoms with Crippen LogP contribution in [0.15, 0.2) is 48.5 Å². The summed E-state index contributed by atoms with van der Waals surface area (Å²) in [7, 11) is 3.26. The average molecular weight is 649 g/mol. The number of fused-ring (bicyclic) bond motifs is 2. The van der Waals surface area contributed by atoms with E-state index in [2.05, 4.69) is 0 Å². The molecule has 1 saturated carbocycles. The smallest absolute Gasteiger partial charge is 0.128 e. The summed E-state index contributed by atoms with van der Waals surface area (Å²) in [5.74, 6) is 1.77. The van der Waals surface area contributed by atoms with Crippen molar-refractivity contribution in [3.8, 4) is 28.7 Å². The van der Waals surface area contributed by atoms with Gasteiger partial charge in [-0.25, -0.2) is 0 Å². The Morgan fingerprint density at radius 2 is 1.74 bits per heavy atom. The molecule has 3 aromatic carbocycles. The molecular formula is C38H48O9. The van der Waals surface area contributed by atoms with E-state index in [1.807, 2.05) is 36.4 Å². The van der Waals surface area contributed by atoms with Crippen molar-refractivity contribution in [1.29, 1.82) is 0 Å². The molecule has 2 aliphatic heterocycles. The molecule has 0 amide bonds. The van der Waals surface area contributed by atoms with Crippen molar-refractivity contribution in [3.05, 3.63) is 76.3 Å². The molecule has 254 valence electrons. The number of hydrogen-bond acceptors (Lipinski definition) is 9. The molecule has 0 bridgehead atoms. The van der Waals surface area contributed by atoms with E-state index < -0.39 is 30.1 Å². The van der Waals surface area contributed by atoms with Crippen LogP contribution in [0.2, 0.25) is 0 Å². The van der Waals surface area contributed by atoms with Crippen LogP contribution in [-0.2, 0) is 17.6 Å². The van der Waals surface area contributed by atoms with Gasteiger partial charge in [0, 0.05) is 55.3 Å². The number of aliphatic hydroxyl groups excluding tert-OH is 3. The molecule has 3 aliphatic rings. The zero-order valence-corrected chi connectivity index (χ0v) is 27.4. The molecule has 3 aromatic rings. The van der Waals surface area contributed by atoms with Crippen LogP contribution in [0.5, 0.6) is 28.7 Å². The molecule has 0 spiro atoms. The third-order valence-corrected chi connectivity index (χ3v) is 9.96. The zero-order valence-electron chi connectivity index (χ0n) is 27.4. The first-order chi connectivity index (χ1) is 22.9. The molecule has 1 fully saturated rings. The fourth-order valence-electron chi connectivity index (χ4n) is 7.63. The van der Waals surface area contributed by atoms with E-state index in [1.165, 1.54) is 0 Å². The minimum atomic E-state index is -0.950. The average Bonchev–Trinajstić information content (AvgIpc) is 3.58. The number of aliphatic hydroxyl groups is 3. The van der Waals surface area contributed by atoms with Crippen molar-refractivity contribution < 1.29 is 44.1 Å². The number of methoxy groups -OCH3 is 2. The predicted molar refractivity (Wildman–Crippen MR) is 177 cm³/mol. The number of rotatable bonds is 13. The van der Waals surface area contributed by atoms with Crippen molar-refractivity contribution in [2.24, 2.45) is 11.8 Å². The Labute approximate surface area is 277 Å². The number of phenolic OH excluding ortho intramolecular Hbond substituents is 1. The molecule has 2 heterocycles. The fourth-order valence-corrected chi connectivity index (χ4v) is 7.63. The molecule has 47 heavy (non-hydrogen) atoms. The molecule has 5 unspecified atom stereocenters. The third-order valence-electron chi connectivity index (χ3n) is 9.96. The Balaban J connectivity index is 1.36. The molecule has 1 aliphatic carbocycles. The molecule has 9 heteroatoms. The lowest BCUT2D eigenvalue weighted by Crippen LogP contribution is -2.46. The van der Waals surface area contributed by atoms with Crippen LogP contribution in [0.4, 0.5) is 0 Å². The van der Waals surface area contributed by atoms with Gasteiger partial charge in [0.05, 0.1) is 32.0 Å². The van der Waals surface area contributed by atoms with Gasteiger partial charge in [-0.3, -0.25) is 0 Å². The SMILES string of the molecule is COCCCC1Oc2cc(CCCO)c(OC)cc2C(O)C1C1COc2c(Cc3cccc(O)c3)cc(OC3CCCC3)cc2C1O. The fraction of sp³-hybridized carbons (Fsp3) is 0.526. The normalized spacial score (nSPS) is 23.8. The Hall–Kier alpha value is -3.50. The summed E-state index contributed by atoms with van der Waals surface area (Å²) in [6.45, 7) is 0.805. The number of aryl methyl sites for hydroxylation is 1. The largest absolute Gasteiger partial charge is 0.508 e. The van der Waals surface area contributed by atoms with Gasteiger partial charge in [0.15, 0.2) is 0 Å². The Morgan fingerprint density at radius 1 is 0.915 bits per heavy atom. The summed E-state index contributed by atoms with van der Waals surface area (Å²) >= 11 is 0. The lowest BCUT2D eigenvalue weighted by molar-refractivity contribution is -0.0890. The third kappa shape index (κ3) is 7.33. The van der Waals surface area contributed by atoms with E-state index in [0.717, 1.165) is 48.8 Å². The van der Waals surface area contributed by atoms with Crippen molar-refractivity contribution in [2.75, 3.05) is 34.0 Å². The van der Waals surface area contributed by atoms with Crippen molar-refractivity contribution >= 4 is 0 Å². The summed E-state index contributed by atoms with van der Waals surface area (Å²) in [6, 6.07) is 14.8. The van der Waals surface area contributed by atoms with Crippen LogP contribution >= 0.6 is 0 Å². The first-order valence-electron chi connectivity index (χ1n) is 17.0. The zero-order chi connectivity index (χ0) is 32.9. The maximum atomic E-state index is 12.2. The predicted octanol–water partition coefficient (Wildman–Crippen LogP) is 5.82. The number of ether oxygens (including phenoxy) is 5. The molecular weight excluding hydrogens is 600 g/mol. The molecule has 9 nitrogen and oxygen atoms in total. The van der Waals surface area contributed by atoms with Crippen LogP contribution in [-0.4, -0.2) is 66.7 Å². The van der Waals surface area contributed by atoms with Gasteiger partial charge in [0.1, 0.15) is 34.9 Å². The lowest BCUT2D eigenvalue weighted by atomic mass is 9.72. The van der Waals surface area contributed by atoms with E-state index >= 15 is 0 Å². The quantitative estimate of drug-likeness (QED) is 0.170. The van der Waals surface area contributed by atoms with Crippen LogP contribution in [0, 0.1) is 11.8 Å². The highest BCUT2D eigenvalue weighted by atomic mass is 16.5. The first kappa shape index (κ1) is 33.4. The van der Waals surface area contributed by atoms with Crippen molar-refractivity contribution in [2.45, 2.75) is 82.2 Å². The van der Waals surface area contributed by atoms with Crippen LogP contribution in [0.25, 0.3) is 0 Å². The summed E-state index contributed by atoms with van der Waals surface area (Å²) in [5.41, 5.74) is 3.95. The van der Waals surface area contributed by atoms with E-state index in [-0.39, 0.29) is 25.1 Å². The Bertz CT molecular complexity index is 1500. The Morgan fingerprint density at radius 3 is 2.49 bits per heavy atom. The lowest BCUT2D eigenvalue weighted by Gasteiger charge is -2.45. The van der Waals surface area contributed by atoms with Crippen molar-refractivity contribution in [3.63, 3.8) is 0 Å². The highest BCUT2D eigenvalue weighted by Gasteiger charge is 2.47. The van der Waals surface area contributed by atoms with E-state index in [1.54, 1.807) is 26.4 Å². The summed E-state index contributed by atoms with van der Waals surface area (Å²) in [5, 5.41) is 43.8. The van der Waals surface area contributed by atoms with E-state index in [9.17, 15) is 20.4 Å². The highest BCUT2D eigenvalue weighted by molar-refractivity contribution is 5.53. The number of aromatic hydroxyl groups is 1. The first-order valence-corrected chi connectivity index (χ1v) is 17.0. The topological polar surface area (TPSA) is 127 Å². The van der Waals surface area contributed by atoms with E-state index in [0.29, 0.717) is 66.4 Å². The monoisotopic (exact) mass is 648 g/mol. The van der Waals surface area contributed by atoms with Crippen LogP contribution in [0.3, 0.4) is 0 Å². The molecule has 5 atom stereocenters. The van der Waals surface area contributed by atoms with Gasteiger partial charge in [-0.1, -0.05) is 12.1 Å². The van der Waals surface area contributed by atoms with Gasteiger partial charge in [-0.15, -0.1) is 0 Å². The molecule has 0 aromatic heterocycles. The minimum Gasteiger partial charge on any atom is -0.508 e. The number of hydrogen-bond donors (Lipinski definition) is 4. The molecule has 0 radical (unpaired) electrons. The molecule has 6 rings (SSSR count). The standard InChI is InChI=1S/C38H48O9/c1-43-15-7-13-32-35(37(42)29-21-33(44-2)24(9-6-14-39)19-34(29)47-32)31-22-45-38-25(16-23-8-5-10-26(40)17-23)18-28(20-30(38)36(31)41)46-27-11-3-4-12-27/h5,8,10,17-21,27,31-32,35-37,39-42H,3-4,6-7,9,11-16,22H2,1-2H3. The minimum absolute atomic E-state index is 0.0649. The van der Waals surface area contributed by atoms with Gasteiger partial charge >= 0.3 is 0 Å². The maximum Gasteiger partial charge on any atom is 0.128 e. The maximum absolute atomic E-state index is 12.2. The summed E-state index contributed by atoms with van der Waals surface area (Å²) < 4.78 is 30.7. The van der Waals surface area contributed by atoms with Crippen LogP contribution in [0.1, 0.15) is 85.0 Å². The van der Waals surface area contributed by atoms with Gasteiger partial charge < -0.3 is 44.1 Å². The van der Waals surface area contributed by atoms with Gasteiger partial charge in [0.25, 0.3) is 0 Å². The van der Waals surface area contributed by atoms with Gasteiger partial charge in [0.2, 0.25) is 0 Å². The number of benzene rings is 3. The molecule has 4 N–H and O–H groups in total. The van der Waals surface area contributed by atoms with Crippen LogP contribution < -0.4 is 18.9 Å². The van der Waals surface area contributed by atoms with Crippen molar-refractivity contribution in [1.82, 2.24) is 0 Å². The summed E-state index contributed by atoms with van der Waals surface area (Å²) in [4.78, 5) is 0. The summed E-state index contributed by atoms with van der Waals surface area (Å²) in [6.07, 6.45) is 5.16. The second-order valence-corrected chi connectivity index (χ2v) is 13.1. The second kappa shape index (κ2) is 15.2. The second-order valence-electron chi connectivity index (χ2n) is 13.1.